The maximum Gasteiger partial charge on any atom is 0.410 e. The van der Waals surface area contributed by atoms with Crippen molar-refractivity contribution in [3.05, 3.63) is 52.5 Å². The van der Waals surface area contributed by atoms with Crippen molar-refractivity contribution >= 4 is 23.4 Å². The molecule has 1 amide bonds. The maximum absolute atomic E-state index is 12.2. The summed E-state index contributed by atoms with van der Waals surface area (Å²) in [6, 6.07) is 11.0. The topological polar surface area (TPSA) is 74.0 Å². The van der Waals surface area contributed by atoms with Crippen molar-refractivity contribution in [1.82, 2.24) is 4.90 Å². The van der Waals surface area contributed by atoms with Crippen LogP contribution in [0.15, 0.2) is 36.4 Å². The Morgan fingerprint density at radius 3 is 2.58 bits per heavy atom. The van der Waals surface area contributed by atoms with Crippen LogP contribution in [0.25, 0.3) is 0 Å². The molecule has 7 heteroatoms. The first-order valence-corrected chi connectivity index (χ1v) is 8.57. The Labute approximate surface area is 157 Å². The molecule has 1 atom stereocenters. The number of hydrogen-bond donors (Lipinski definition) is 1. The number of nitrogens with two attached hydrogens (primary N) is 1. The van der Waals surface area contributed by atoms with E-state index in [4.69, 9.17) is 31.5 Å². The molecule has 0 saturated carbocycles. The number of methoxy groups -OCH3 is 2. The van der Waals surface area contributed by atoms with E-state index in [0.717, 1.165) is 11.1 Å². The lowest BCUT2D eigenvalue weighted by Crippen LogP contribution is -2.34. The van der Waals surface area contributed by atoms with Gasteiger partial charge in [-0.2, -0.15) is 0 Å². The number of amides is 1. The molecule has 1 saturated heterocycles. The van der Waals surface area contributed by atoms with Crippen molar-refractivity contribution in [3.8, 4) is 11.5 Å². The van der Waals surface area contributed by atoms with Gasteiger partial charge in [0.15, 0.2) is 11.5 Å². The number of nitrogen functional groups attached to an aromatic ring is 1. The number of rotatable bonds is 6. The van der Waals surface area contributed by atoms with Crippen LogP contribution in [-0.4, -0.2) is 37.9 Å². The van der Waals surface area contributed by atoms with Crippen LogP contribution >= 0.6 is 11.6 Å². The minimum atomic E-state index is -0.330. The first-order valence-electron chi connectivity index (χ1n) is 8.20. The molecule has 1 aliphatic rings. The Hall–Kier alpha value is -2.60. The largest absolute Gasteiger partial charge is 0.493 e. The number of ether oxygens (including phenoxy) is 3. The van der Waals surface area contributed by atoms with Gasteiger partial charge < -0.3 is 19.9 Å². The zero-order chi connectivity index (χ0) is 18.7. The zero-order valence-electron chi connectivity index (χ0n) is 14.7. The van der Waals surface area contributed by atoms with Crippen LogP contribution in [-0.2, 0) is 17.7 Å². The molecule has 1 aliphatic heterocycles. The fourth-order valence-corrected chi connectivity index (χ4v) is 3.14. The third-order valence-electron chi connectivity index (χ3n) is 4.41. The summed E-state index contributed by atoms with van der Waals surface area (Å²) in [5, 5.41) is 0.500. The van der Waals surface area contributed by atoms with Crippen LogP contribution in [0.1, 0.15) is 11.1 Å². The molecule has 2 aromatic carbocycles. The van der Waals surface area contributed by atoms with Gasteiger partial charge in [0, 0.05) is 6.54 Å². The minimum Gasteiger partial charge on any atom is -0.493 e. The highest BCUT2D eigenvalue weighted by atomic mass is 35.5. The smallest absolute Gasteiger partial charge is 0.410 e. The first-order chi connectivity index (χ1) is 12.5. The lowest BCUT2D eigenvalue weighted by Gasteiger charge is -2.22. The lowest BCUT2D eigenvalue weighted by molar-refractivity contribution is 0.156. The number of cyclic esters (lactones) is 1. The maximum atomic E-state index is 12.2. The number of nitrogens with zero attached hydrogens (tertiary/aromatic N) is 1. The average Bonchev–Trinajstić information content (AvgIpc) is 2.98. The van der Waals surface area contributed by atoms with Crippen molar-refractivity contribution < 1.29 is 19.0 Å². The number of carbonyl (C=O) groups excluding carboxylic acids is 1. The molecule has 0 aromatic heterocycles. The van der Waals surface area contributed by atoms with Gasteiger partial charge in [-0.15, -0.1) is 0 Å². The predicted molar refractivity (Wildman–Crippen MR) is 99.8 cm³/mol. The van der Waals surface area contributed by atoms with Crippen molar-refractivity contribution in [2.75, 3.05) is 26.6 Å². The summed E-state index contributed by atoms with van der Waals surface area (Å²) in [6.07, 6.45) is 0.318. The molecule has 0 radical (unpaired) electrons. The molecule has 6 nitrogen and oxygen atoms in total. The van der Waals surface area contributed by atoms with Gasteiger partial charge in [-0.05, 0) is 41.8 Å². The minimum absolute atomic E-state index is 0.0718. The Balaban J connectivity index is 1.76. The molecule has 2 aromatic rings. The van der Waals surface area contributed by atoms with Crippen LogP contribution < -0.4 is 15.2 Å². The molecule has 0 spiro atoms. The third kappa shape index (κ3) is 3.80. The summed E-state index contributed by atoms with van der Waals surface area (Å²) in [4.78, 5) is 13.9. The quantitative estimate of drug-likeness (QED) is 0.781. The Kier molecular flexibility index (Phi) is 5.42. The normalized spacial score (nSPS) is 16.5. The van der Waals surface area contributed by atoms with Crippen molar-refractivity contribution in [3.63, 3.8) is 0 Å². The van der Waals surface area contributed by atoms with E-state index in [9.17, 15) is 4.79 Å². The van der Waals surface area contributed by atoms with E-state index in [1.54, 1.807) is 31.3 Å². The molecular formula is C19H21ClN2O4. The fourth-order valence-electron chi connectivity index (χ4n) is 3.02. The highest BCUT2D eigenvalue weighted by Gasteiger charge is 2.33. The van der Waals surface area contributed by atoms with E-state index in [-0.39, 0.29) is 12.1 Å². The number of carbonyl (C=O) groups is 1. The summed E-state index contributed by atoms with van der Waals surface area (Å²) >= 11 is 5.96. The highest BCUT2D eigenvalue weighted by molar-refractivity contribution is 6.33. The van der Waals surface area contributed by atoms with Crippen molar-refractivity contribution in [1.29, 1.82) is 0 Å². The second-order valence-corrected chi connectivity index (χ2v) is 6.52. The van der Waals surface area contributed by atoms with Gasteiger partial charge in [0.05, 0.1) is 31.0 Å². The van der Waals surface area contributed by atoms with E-state index in [1.807, 2.05) is 24.3 Å². The van der Waals surface area contributed by atoms with Gasteiger partial charge >= 0.3 is 6.09 Å². The first kappa shape index (κ1) is 18.2. The van der Waals surface area contributed by atoms with Gasteiger partial charge in [-0.3, -0.25) is 4.90 Å². The van der Waals surface area contributed by atoms with E-state index in [2.05, 4.69) is 0 Å². The molecule has 1 fully saturated rings. The molecular weight excluding hydrogens is 356 g/mol. The van der Waals surface area contributed by atoms with Crippen molar-refractivity contribution in [2.45, 2.75) is 19.0 Å². The second-order valence-electron chi connectivity index (χ2n) is 6.11. The van der Waals surface area contributed by atoms with E-state index in [1.165, 1.54) is 0 Å². The Morgan fingerprint density at radius 2 is 1.88 bits per heavy atom. The fraction of sp³-hybridized carbons (Fsp3) is 0.316. The Bertz CT molecular complexity index is 812. The molecule has 3 rings (SSSR count). The third-order valence-corrected chi connectivity index (χ3v) is 4.75. The van der Waals surface area contributed by atoms with Crippen LogP contribution in [0.3, 0.4) is 0 Å². The van der Waals surface area contributed by atoms with Crippen LogP contribution in [0, 0.1) is 0 Å². The number of benzene rings is 2. The van der Waals surface area contributed by atoms with E-state index in [0.29, 0.717) is 41.8 Å². The standard InChI is InChI=1S/C19H21ClN2O4/c1-24-17-6-4-12(9-18(17)25-2)7-14-11-26-19(23)22(14)10-13-3-5-15(20)16(21)8-13/h3-6,8-9,14H,7,10-11,21H2,1-2H3/t14-/m0/s1. The molecule has 26 heavy (non-hydrogen) atoms. The molecule has 138 valence electrons. The summed E-state index contributed by atoms with van der Waals surface area (Å²) in [6.45, 7) is 0.758. The summed E-state index contributed by atoms with van der Waals surface area (Å²) in [7, 11) is 3.20. The molecule has 0 unspecified atom stereocenters. The van der Waals surface area contributed by atoms with Crippen LogP contribution in [0.5, 0.6) is 11.5 Å². The molecule has 2 N–H and O–H groups in total. The van der Waals surface area contributed by atoms with Crippen LogP contribution in [0.2, 0.25) is 5.02 Å². The highest BCUT2D eigenvalue weighted by Crippen LogP contribution is 2.29. The zero-order valence-corrected chi connectivity index (χ0v) is 15.5. The average molecular weight is 377 g/mol. The van der Waals surface area contributed by atoms with Gasteiger partial charge in [-0.25, -0.2) is 4.79 Å². The second kappa shape index (κ2) is 7.74. The predicted octanol–water partition coefficient (Wildman–Crippen LogP) is 3.50. The summed E-state index contributed by atoms with van der Waals surface area (Å²) < 4.78 is 15.9. The molecule has 0 aliphatic carbocycles. The lowest BCUT2D eigenvalue weighted by atomic mass is 10.0. The molecule has 0 bridgehead atoms. The SMILES string of the molecule is COc1ccc(C[C@H]2COC(=O)N2Cc2ccc(Cl)c(N)c2)cc1OC. The van der Waals surface area contributed by atoms with E-state index < -0.39 is 0 Å². The molecule has 1 heterocycles. The monoisotopic (exact) mass is 376 g/mol. The number of hydrogen-bond acceptors (Lipinski definition) is 5. The van der Waals surface area contributed by atoms with Crippen molar-refractivity contribution in [2.24, 2.45) is 0 Å². The van der Waals surface area contributed by atoms with Crippen LogP contribution in [0.4, 0.5) is 10.5 Å². The number of anilines is 1. The number of halogens is 1. The summed E-state index contributed by atoms with van der Waals surface area (Å²) in [5.74, 6) is 1.33. The van der Waals surface area contributed by atoms with E-state index >= 15 is 0 Å². The Morgan fingerprint density at radius 1 is 1.15 bits per heavy atom. The van der Waals surface area contributed by atoms with Gasteiger partial charge in [0.2, 0.25) is 0 Å². The van der Waals surface area contributed by atoms with Gasteiger partial charge in [0.25, 0.3) is 0 Å². The van der Waals surface area contributed by atoms with Gasteiger partial charge in [0.1, 0.15) is 6.61 Å². The van der Waals surface area contributed by atoms with Gasteiger partial charge in [-0.1, -0.05) is 23.7 Å². The summed E-state index contributed by atoms with van der Waals surface area (Å²) in [5.41, 5.74) is 8.29.